The molecule has 12 heavy (non-hydrogen) atoms. The van der Waals surface area contributed by atoms with E-state index in [4.69, 9.17) is 16.7 Å². The van der Waals surface area contributed by atoms with Crippen LogP contribution in [0.5, 0.6) is 0 Å². The lowest BCUT2D eigenvalue weighted by Crippen LogP contribution is -2.32. The Morgan fingerprint density at radius 2 is 2.25 bits per heavy atom. The second-order valence-electron chi connectivity index (χ2n) is 2.85. The predicted octanol–water partition coefficient (Wildman–Crippen LogP) is -0.680. The van der Waals surface area contributed by atoms with E-state index in [1.165, 1.54) is 0 Å². The lowest BCUT2D eigenvalue weighted by atomic mass is 10.2. The lowest BCUT2D eigenvalue weighted by Gasteiger charge is -2.07. The van der Waals surface area contributed by atoms with Crippen LogP contribution in [0.3, 0.4) is 0 Å². The van der Waals surface area contributed by atoms with Gasteiger partial charge in [0.2, 0.25) is 0 Å². The van der Waals surface area contributed by atoms with Gasteiger partial charge in [-0.2, -0.15) is 0 Å². The highest BCUT2D eigenvalue weighted by Crippen LogP contribution is 2.23. The number of nitrogens with one attached hydrogen (secondary N) is 1. The van der Waals surface area contributed by atoms with Crippen LogP contribution in [0, 0.1) is 0 Å². The summed E-state index contributed by atoms with van der Waals surface area (Å²) in [5.74, 6) is 0.0845. The summed E-state index contributed by atoms with van der Waals surface area (Å²) in [5.41, 5.74) is 0. The minimum absolute atomic E-state index is 0.0174. The van der Waals surface area contributed by atoms with E-state index in [0.717, 1.165) is 0 Å². The van der Waals surface area contributed by atoms with Gasteiger partial charge < -0.3 is 10.4 Å². The summed E-state index contributed by atoms with van der Waals surface area (Å²) in [6, 6.07) is -0.0929. The average Bonchev–Trinajstić information content (AvgIpc) is 2.22. The fourth-order valence-corrected chi connectivity index (χ4v) is 3.22. The van der Waals surface area contributed by atoms with E-state index in [2.05, 4.69) is 5.32 Å². The van der Waals surface area contributed by atoms with E-state index in [-0.39, 0.29) is 18.4 Å². The second kappa shape index (κ2) is 3.91. The van der Waals surface area contributed by atoms with Crippen molar-refractivity contribution < 1.29 is 13.5 Å². The number of aliphatic hydroxyl groups is 1. The molecule has 1 saturated heterocycles. The Balaban J connectivity index is 2.44. The van der Waals surface area contributed by atoms with Crippen LogP contribution in [0.4, 0.5) is 0 Å². The van der Waals surface area contributed by atoms with Crippen molar-refractivity contribution in [3.05, 3.63) is 0 Å². The van der Waals surface area contributed by atoms with Crippen LogP contribution in [-0.2, 0) is 9.84 Å². The van der Waals surface area contributed by atoms with Gasteiger partial charge in [-0.05, 0) is 6.42 Å². The van der Waals surface area contributed by atoms with Crippen LogP contribution in [0.1, 0.15) is 6.42 Å². The van der Waals surface area contributed by atoms with Crippen molar-refractivity contribution in [3.63, 3.8) is 0 Å². The largest absolute Gasteiger partial charge is 0.395 e. The number of rotatable bonds is 3. The van der Waals surface area contributed by atoms with Gasteiger partial charge in [0.1, 0.15) is 4.71 Å². The van der Waals surface area contributed by atoms with Crippen molar-refractivity contribution in [1.29, 1.82) is 0 Å². The second-order valence-corrected chi connectivity index (χ2v) is 5.86. The van der Waals surface area contributed by atoms with Gasteiger partial charge in [0.25, 0.3) is 0 Å². The molecule has 0 radical (unpaired) electrons. The quantitative estimate of drug-likeness (QED) is 0.610. The zero-order valence-corrected chi connectivity index (χ0v) is 8.11. The molecule has 1 rings (SSSR count). The Morgan fingerprint density at radius 3 is 2.67 bits per heavy atom. The Morgan fingerprint density at radius 1 is 1.58 bits per heavy atom. The predicted molar refractivity (Wildman–Crippen MR) is 46.9 cm³/mol. The zero-order valence-electron chi connectivity index (χ0n) is 6.53. The van der Waals surface area contributed by atoms with E-state index in [0.29, 0.717) is 13.0 Å². The number of hydrogen-bond acceptors (Lipinski definition) is 4. The monoisotopic (exact) mass is 213 g/mol. The fourth-order valence-electron chi connectivity index (χ4n) is 1.23. The third-order valence-corrected chi connectivity index (χ3v) is 4.67. The van der Waals surface area contributed by atoms with Crippen molar-refractivity contribution in [2.45, 2.75) is 17.2 Å². The molecule has 1 aliphatic rings. The molecule has 1 fully saturated rings. The molecule has 0 aromatic heterocycles. The summed E-state index contributed by atoms with van der Waals surface area (Å²) in [6.07, 6.45) is 0.434. The standard InChI is InChI=1S/C6H12ClNO3S/c7-6-3-5(8-1-2-9)4-12(6,10)11/h5-6,8-9H,1-4H2. The average molecular weight is 214 g/mol. The van der Waals surface area contributed by atoms with Gasteiger partial charge in [0.05, 0.1) is 12.4 Å². The van der Waals surface area contributed by atoms with Gasteiger partial charge in [0, 0.05) is 12.6 Å². The van der Waals surface area contributed by atoms with Crippen molar-refractivity contribution in [3.8, 4) is 0 Å². The van der Waals surface area contributed by atoms with Gasteiger partial charge in [-0.3, -0.25) is 0 Å². The summed E-state index contributed by atoms with van der Waals surface area (Å²) in [5, 5.41) is 11.4. The third-order valence-electron chi connectivity index (χ3n) is 1.84. The SMILES string of the molecule is O=S1(=O)CC(NCCO)CC1Cl. The maximum absolute atomic E-state index is 11.1. The van der Waals surface area contributed by atoms with E-state index >= 15 is 0 Å². The molecular weight excluding hydrogens is 202 g/mol. The topological polar surface area (TPSA) is 66.4 Å². The van der Waals surface area contributed by atoms with Gasteiger partial charge in [-0.25, -0.2) is 8.42 Å². The molecule has 0 bridgehead atoms. The molecule has 0 aliphatic carbocycles. The first-order valence-electron chi connectivity index (χ1n) is 3.76. The van der Waals surface area contributed by atoms with E-state index in [1.54, 1.807) is 0 Å². The molecular formula is C6H12ClNO3S. The first kappa shape index (κ1) is 10.2. The molecule has 0 saturated carbocycles. The summed E-state index contributed by atoms with van der Waals surface area (Å²) in [7, 11) is -3.08. The van der Waals surface area contributed by atoms with Gasteiger partial charge in [-0.1, -0.05) is 0 Å². The Bertz CT molecular complexity index is 241. The maximum Gasteiger partial charge on any atom is 0.168 e. The molecule has 6 heteroatoms. The highest BCUT2D eigenvalue weighted by atomic mass is 35.5. The number of alkyl halides is 1. The van der Waals surface area contributed by atoms with Crippen LogP contribution in [0.15, 0.2) is 0 Å². The highest BCUT2D eigenvalue weighted by Gasteiger charge is 2.36. The van der Waals surface area contributed by atoms with Crippen LogP contribution in [-0.4, -0.2) is 43.2 Å². The minimum atomic E-state index is -3.08. The molecule has 0 amide bonds. The first-order chi connectivity index (χ1) is 5.56. The van der Waals surface area contributed by atoms with Crippen LogP contribution in [0.2, 0.25) is 0 Å². The van der Waals surface area contributed by atoms with Gasteiger partial charge >= 0.3 is 0 Å². The van der Waals surface area contributed by atoms with Crippen LogP contribution < -0.4 is 5.32 Å². The molecule has 0 spiro atoms. The molecule has 72 valence electrons. The summed E-state index contributed by atoms with van der Waals surface area (Å²) < 4.78 is 21.4. The molecule has 0 aromatic carbocycles. The van der Waals surface area contributed by atoms with Crippen molar-refractivity contribution >= 4 is 21.4 Å². The summed E-state index contributed by atoms with van der Waals surface area (Å²) in [4.78, 5) is 0. The van der Waals surface area contributed by atoms with Crippen molar-refractivity contribution in [2.75, 3.05) is 18.9 Å². The summed E-state index contributed by atoms with van der Waals surface area (Å²) in [6.45, 7) is 0.438. The molecule has 2 unspecified atom stereocenters. The minimum Gasteiger partial charge on any atom is -0.395 e. The number of hydrogen-bond donors (Lipinski definition) is 2. The van der Waals surface area contributed by atoms with E-state index in [9.17, 15) is 8.42 Å². The smallest absolute Gasteiger partial charge is 0.168 e. The zero-order chi connectivity index (χ0) is 9.19. The summed E-state index contributed by atoms with van der Waals surface area (Å²) >= 11 is 5.59. The molecule has 1 aliphatic heterocycles. The number of halogens is 1. The maximum atomic E-state index is 11.1. The van der Waals surface area contributed by atoms with Crippen LogP contribution in [0.25, 0.3) is 0 Å². The van der Waals surface area contributed by atoms with Gasteiger partial charge in [-0.15, -0.1) is 11.6 Å². The Labute approximate surface area is 76.8 Å². The Kier molecular flexibility index (Phi) is 3.34. The lowest BCUT2D eigenvalue weighted by molar-refractivity contribution is 0.286. The van der Waals surface area contributed by atoms with E-state index in [1.807, 2.05) is 0 Å². The van der Waals surface area contributed by atoms with Crippen molar-refractivity contribution in [1.82, 2.24) is 5.32 Å². The fraction of sp³-hybridized carbons (Fsp3) is 1.00. The number of aliphatic hydroxyl groups excluding tert-OH is 1. The van der Waals surface area contributed by atoms with Crippen LogP contribution >= 0.6 is 11.6 Å². The molecule has 2 atom stereocenters. The number of sulfone groups is 1. The molecule has 2 N–H and O–H groups in total. The Hall–Kier alpha value is 0.160. The van der Waals surface area contributed by atoms with Crippen molar-refractivity contribution in [2.24, 2.45) is 0 Å². The first-order valence-corrected chi connectivity index (χ1v) is 5.91. The highest BCUT2D eigenvalue weighted by molar-refractivity contribution is 7.93. The molecule has 1 heterocycles. The molecule has 4 nitrogen and oxygen atoms in total. The molecule has 0 aromatic rings. The van der Waals surface area contributed by atoms with E-state index < -0.39 is 14.5 Å². The third kappa shape index (κ3) is 2.32. The normalized spacial score (nSPS) is 33.8. The van der Waals surface area contributed by atoms with Gasteiger partial charge in [0.15, 0.2) is 9.84 Å².